The molecule has 0 saturated carbocycles. The third kappa shape index (κ3) is 5.63. The van der Waals surface area contributed by atoms with Crippen molar-refractivity contribution >= 4 is 29.3 Å². The first-order valence-corrected chi connectivity index (χ1v) is 7.51. The van der Waals surface area contributed by atoms with Gasteiger partial charge in [-0.05, 0) is 23.6 Å². The van der Waals surface area contributed by atoms with Gasteiger partial charge in [-0.15, -0.1) is 11.8 Å². The molecule has 0 aliphatic carbocycles. The Morgan fingerprint density at radius 2 is 1.90 bits per heavy atom. The van der Waals surface area contributed by atoms with Crippen LogP contribution in [-0.4, -0.2) is 34.5 Å². The molecule has 0 aliphatic heterocycles. The van der Waals surface area contributed by atoms with E-state index in [9.17, 15) is 9.59 Å². The lowest BCUT2D eigenvalue weighted by Crippen LogP contribution is -2.33. The van der Waals surface area contributed by atoms with Crippen LogP contribution in [0.5, 0.6) is 0 Å². The zero-order chi connectivity index (χ0) is 15.1. The van der Waals surface area contributed by atoms with Crippen LogP contribution in [0.2, 0.25) is 0 Å². The molecule has 4 N–H and O–H groups in total. The number of carboxylic acid groups (broad SMARTS) is 1. The van der Waals surface area contributed by atoms with Gasteiger partial charge in [0.2, 0.25) is 5.91 Å². The van der Waals surface area contributed by atoms with E-state index >= 15 is 0 Å². The summed E-state index contributed by atoms with van der Waals surface area (Å²) in [5.41, 5.74) is 7.30. The number of carbonyl (C=O) groups is 2. The quantitative estimate of drug-likeness (QED) is 0.714. The lowest BCUT2D eigenvalue weighted by Gasteiger charge is -2.09. The second-order valence-electron chi connectivity index (χ2n) is 4.78. The Morgan fingerprint density at radius 3 is 2.40 bits per heavy atom. The molecular weight excluding hydrogens is 276 g/mol. The SMILES string of the molecule is CC(C)c1ccc(NC(=O)CSC[C@@H](N)C(=O)O)cc1. The van der Waals surface area contributed by atoms with Crippen molar-refractivity contribution in [3.63, 3.8) is 0 Å². The predicted molar refractivity (Wildman–Crippen MR) is 82.1 cm³/mol. The summed E-state index contributed by atoms with van der Waals surface area (Å²) in [6.45, 7) is 4.21. The van der Waals surface area contributed by atoms with E-state index in [1.807, 2.05) is 24.3 Å². The Kier molecular flexibility index (Phi) is 6.54. The molecule has 0 heterocycles. The van der Waals surface area contributed by atoms with E-state index in [0.717, 1.165) is 5.69 Å². The van der Waals surface area contributed by atoms with Crippen molar-refractivity contribution in [3.8, 4) is 0 Å². The molecule has 6 heteroatoms. The highest BCUT2D eigenvalue weighted by Crippen LogP contribution is 2.17. The number of thioether (sulfide) groups is 1. The summed E-state index contributed by atoms with van der Waals surface area (Å²) >= 11 is 1.21. The maximum atomic E-state index is 11.7. The molecule has 5 nitrogen and oxygen atoms in total. The molecule has 0 bridgehead atoms. The van der Waals surface area contributed by atoms with Crippen molar-refractivity contribution < 1.29 is 14.7 Å². The fourth-order valence-corrected chi connectivity index (χ4v) is 2.27. The number of amides is 1. The molecule has 1 aromatic rings. The summed E-state index contributed by atoms with van der Waals surface area (Å²) in [6.07, 6.45) is 0. The van der Waals surface area contributed by atoms with Crippen LogP contribution in [0.1, 0.15) is 25.3 Å². The standard InChI is InChI=1S/C14H20N2O3S/c1-9(2)10-3-5-11(6-4-10)16-13(17)8-20-7-12(15)14(18)19/h3-6,9,12H,7-8,15H2,1-2H3,(H,16,17)(H,18,19)/t12-/m1/s1. The fourth-order valence-electron chi connectivity index (χ4n) is 1.50. The van der Waals surface area contributed by atoms with Gasteiger partial charge in [0.1, 0.15) is 6.04 Å². The van der Waals surface area contributed by atoms with Crippen molar-refractivity contribution in [2.24, 2.45) is 5.73 Å². The van der Waals surface area contributed by atoms with E-state index in [-0.39, 0.29) is 17.4 Å². The Labute approximate surface area is 122 Å². The molecule has 0 aliphatic rings. The zero-order valence-electron chi connectivity index (χ0n) is 11.6. The Morgan fingerprint density at radius 1 is 1.30 bits per heavy atom. The van der Waals surface area contributed by atoms with Gasteiger partial charge in [0.15, 0.2) is 0 Å². The van der Waals surface area contributed by atoms with E-state index in [1.54, 1.807) is 0 Å². The lowest BCUT2D eigenvalue weighted by atomic mass is 10.0. The Balaban J connectivity index is 2.37. The number of hydrogen-bond acceptors (Lipinski definition) is 4. The normalized spacial score (nSPS) is 12.2. The van der Waals surface area contributed by atoms with Gasteiger partial charge in [0, 0.05) is 11.4 Å². The van der Waals surface area contributed by atoms with Gasteiger partial charge < -0.3 is 16.2 Å². The van der Waals surface area contributed by atoms with Gasteiger partial charge in [-0.1, -0.05) is 26.0 Å². The summed E-state index contributed by atoms with van der Waals surface area (Å²) in [5.74, 6) is -0.359. The van der Waals surface area contributed by atoms with Gasteiger partial charge in [0.25, 0.3) is 0 Å². The number of aliphatic carboxylic acids is 1. The molecule has 110 valence electrons. The summed E-state index contributed by atoms with van der Waals surface area (Å²) in [6, 6.07) is 6.75. The molecule has 1 atom stereocenters. The van der Waals surface area contributed by atoms with Crippen molar-refractivity contribution in [2.75, 3.05) is 16.8 Å². The highest BCUT2D eigenvalue weighted by atomic mass is 32.2. The number of nitrogens with one attached hydrogen (secondary N) is 1. The first kappa shape index (κ1) is 16.5. The Hall–Kier alpha value is -1.53. The van der Waals surface area contributed by atoms with Gasteiger partial charge in [-0.3, -0.25) is 9.59 Å². The largest absolute Gasteiger partial charge is 0.480 e. The van der Waals surface area contributed by atoms with Gasteiger partial charge in [-0.2, -0.15) is 0 Å². The third-order valence-electron chi connectivity index (χ3n) is 2.71. The average molecular weight is 296 g/mol. The minimum atomic E-state index is -1.05. The van der Waals surface area contributed by atoms with Gasteiger partial charge in [-0.25, -0.2) is 0 Å². The monoisotopic (exact) mass is 296 g/mol. The highest BCUT2D eigenvalue weighted by molar-refractivity contribution is 8.00. The number of nitrogens with two attached hydrogens (primary N) is 1. The summed E-state index contributed by atoms with van der Waals surface area (Å²) in [4.78, 5) is 22.2. The van der Waals surface area contributed by atoms with Crippen LogP contribution < -0.4 is 11.1 Å². The van der Waals surface area contributed by atoms with Gasteiger partial charge >= 0.3 is 5.97 Å². The second-order valence-corrected chi connectivity index (χ2v) is 5.82. The maximum Gasteiger partial charge on any atom is 0.321 e. The molecule has 20 heavy (non-hydrogen) atoms. The molecule has 0 aromatic heterocycles. The molecule has 0 saturated heterocycles. The van der Waals surface area contributed by atoms with Gasteiger partial charge in [0.05, 0.1) is 5.75 Å². The zero-order valence-corrected chi connectivity index (χ0v) is 12.4. The third-order valence-corrected chi connectivity index (χ3v) is 3.77. The lowest BCUT2D eigenvalue weighted by molar-refractivity contribution is -0.137. The van der Waals surface area contributed by atoms with Crippen LogP contribution >= 0.6 is 11.8 Å². The number of rotatable bonds is 7. The predicted octanol–water partition coefficient (Wildman–Crippen LogP) is 1.89. The second kappa shape index (κ2) is 7.91. The van der Waals surface area contributed by atoms with Crippen LogP contribution in [0.3, 0.4) is 0 Å². The van der Waals surface area contributed by atoms with Crippen LogP contribution in [0.4, 0.5) is 5.69 Å². The smallest absolute Gasteiger partial charge is 0.321 e. The minimum absolute atomic E-state index is 0.162. The average Bonchev–Trinajstić information content (AvgIpc) is 2.39. The molecule has 0 unspecified atom stereocenters. The van der Waals surface area contributed by atoms with Crippen molar-refractivity contribution in [3.05, 3.63) is 29.8 Å². The number of carbonyl (C=O) groups excluding carboxylic acids is 1. The number of hydrogen-bond donors (Lipinski definition) is 3. The molecule has 0 spiro atoms. The fraction of sp³-hybridized carbons (Fsp3) is 0.429. The number of carboxylic acids is 1. The van der Waals surface area contributed by atoms with Crippen molar-refractivity contribution in [1.82, 2.24) is 0 Å². The number of benzene rings is 1. The molecule has 0 radical (unpaired) electrons. The molecule has 1 rings (SSSR count). The maximum absolute atomic E-state index is 11.7. The number of anilines is 1. The Bertz CT molecular complexity index is 460. The van der Waals surface area contributed by atoms with Crippen LogP contribution in [-0.2, 0) is 9.59 Å². The van der Waals surface area contributed by atoms with Crippen LogP contribution in [0.25, 0.3) is 0 Å². The van der Waals surface area contributed by atoms with E-state index < -0.39 is 12.0 Å². The molecule has 1 amide bonds. The first-order chi connectivity index (χ1) is 9.40. The first-order valence-electron chi connectivity index (χ1n) is 6.36. The minimum Gasteiger partial charge on any atom is -0.480 e. The summed E-state index contributed by atoms with van der Waals surface area (Å²) in [5, 5.41) is 11.4. The molecule has 1 aromatic carbocycles. The summed E-state index contributed by atoms with van der Waals surface area (Å²) in [7, 11) is 0. The van der Waals surface area contributed by atoms with E-state index in [4.69, 9.17) is 10.8 Å². The van der Waals surface area contributed by atoms with Crippen LogP contribution in [0.15, 0.2) is 24.3 Å². The van der Waals surface area contributed by atoms with E-state index in [0.29, 0.717) is 5.92 Å². The highest BCUT2D eigenvalue weighted by Gasteiger charge is 2.12. The molecular formula is C14H20N2O3S. The van der Waals surface area contributed by atoms with Crippen molar-refractivity contribution in [2.45, 2.75) is 25.8 Å². The van der Waals surface area contributed by atoms with Crippen LogP contribution in [0, 0.1) is 0 Å². The van der Waals surface area contributed by atoms with Crippen molar-refractivity contribution in [1.29, 1.82) is 0 Å². The topological polar surface area (TPSA) is 92.4 Å². The van der Waals surface area contributed by atoms with E-state index in [1.165, 1.54) is 17.3 Å². The van der Waals surface area contributed by atoms with E-state index in [2.05, 4.69) is 19.2 Å². The summed E-state index contributed by atoms with van der Waals surface area (Å²) < 4.78 is 0. The molecule has 0 fully saturated rings.